The van der Waals surface area contributed by atoms with E-state index < -0.39 is 12.5 Å². The second-order valence-corrected chi connectivity index (χ2v) is 5.79. The van der Waals surface area contributed by atoms with Gasteiger partial charge in [-0.2, -0.15) is 13.9 Å². The summed E-state index contributed by atoms with van der Waals surface area (Å²) in [4.78, 5) is 13.2. The summed E-state index contributed by atoms with van der Waals surface area (Å²) in [5.74, 6) is -0.474. The van der Waals surface area contributed by atoms with Crippen molar-refractivity contribution in [3.8, 4) is 22.1 Å². The number of rotatable bonds is 6. The van der Waals surface area contributed by atoms with Gasteiger partial charge in [0, 0.05) is 11.8 Å². The Bertz CT molecular complexity index is 865. The minimum Gasteiger partial charge on any atom is -0.493 e. The zero-order chi connectivity index (χ0) is 17.8. The predicted octanol–water partition coefficient (Wildman–Crippen LogP) is 4.00. The molecule has 0 spiro atoms. The second kappa shape index (κ2) is 7.31. The molecule has 25 heavy (non-hydrogen) atoms. The van der Waals surface area contributed by atoms with Crippen LogP contribution in [0.5, 0.6) is 11.5 Å². The van der Waals surface area contributed by atoms with Gasteiger partial charge < -0.3 is 14.8 Å². The van der Waals surface area contributed by atoms with E-state index >= 15 is 0 Å². The number of amides is 1. The zero-order valence-corrected chi connectivity index (χ0v) is 13.8. The minimum atomic E-state index is -2.96. The summed E-state index contributed by atoms with van der Waals surface area (Å²) >= 11 is 1.52. The highest BCUT2D eigenvalue weighted by atomic mass is 32.1. The Labute approximate surface area is 145 Å². The largest absolute Gasteiger partial charge is 0.493 e. The number of ether oxygens (including phenoxy) is 2. The number of carbonyl (C=O) groups is 1. The first-order chi connectivity index (χ1) is 12.1. The van der Waals surface area contributed by atoms with Gasteiger partial charge in [-0.3, -0.25) is 9.89 Å². The van der Waals surface area contributed by atoms with Gasteiger partial charge in [0.25, 0.3) is 5.91 Å². The van der Waals surface area contributed by atoms with Crippen LogP contribution in [-0.4, -0.2) is 29.8 Å². The maximum atomic E-state index is 12.3. The van der Waals surface area contributed by atoms with Crippen LogP contribution >= 0.6 is 11.3 Å². The number of hydrogen-bond acceptors (Lipinski definition) is 5. The van der Waals surface area contributed by atoms with Crippen LogP contribution in [0.15, 0.2) is 41.8 Å². The van der Waals surface area contributed by atoms with E-state index in [1.165, 1.54) is 36.6 Å². The van der Waals surface area contributed by atoms with Crippen LogP contribution in [0.2, 0.25) is 0 Å². The van der Waals surface area contributed by atoms with Gasteiger partial charge in [0.05, 0.1) is 17.7 Å². The maximum Gasteiger partial charge on any atom is 0.387 e. The van der Waals surface area contributed by atoms with Crippen LogP contribution in [0.25, 0.3) is 10.6 Å². The van der Waals surface area contributed by atoms with Crippen molar-refractivity contribution in [2.45, 2.75) is 6.61 Å². The molecule has 3 rings (SSSR count). The van der Waals surface area contributed by atoms with E-state index in [2.05, 4.69) is 20.3 Å². The molecule has 0 bridgehead atoms. The number of halogens is 2. The van der Waals surface area contributed by atoms with E-state index in [-0.39, 0.29) is 17.2 Å². The van der Waals surface area contributed by atoms with Crippen molar-refractivity contribution in [1.29, 1.82) is 0 Å². The van der Waals surface area contributed by atoms with Gasteiger partial charge in [0.2, 0.25) is 0 Å². The smallest absolute Gasteiger partial charge is 0.387 e. The van der Waals surface area contributed by atoms with Crippen LogP contribution < -0.4 is 14.8 Å². The first-order valence-electron chi connectivity index (χ1n) is 7.10. The monoisotopic (exact) mass is 365 g/mol. The fourth-order valence-corrected chi connectivity index (χ4v) is 2.82. The molecular weight excluding hydrogens is 352 g/mol. The molecule has 0 aliphatic heterocycles. The first-order valence-corrected chi connectivity index (χ1v) is 7.98. The third-order valence-electron chi connectivity index (χ3n) is 3.23. The van der Waals surface area contributed by atoms with Crippen molar-refractivity contribution in [2.75, 3.05) is 12.4 Å². The van der Waals surface area contributed by atoms with Crippen molar-refractivity contribution in [2.24, 2.45) is 0 Å². The molecular formula is C16H13F2N3O3S. The number of benzene rings is 1. The quantitative estimate of drug-likeness (QED) is 0.692. The molecule has 3 aromatic rings. The lowest BCUT2D eigenvalue weighted by Crippen LogP contribution is -2.12. The number of anilines is 1. The molecule has 0 radical (unpaired) electrons. The van der Waals surface area contributed by atoms with Gasteiger partial charge >= 0.3 is 6.61 Å². The molecule has 0 aliphatic rings. The van der Waals surface area contributed by atoms with Crippen molar-refractivity contribution < 1.29 is 23.0 Å². The first kappa shape index (κ1) is 16.9. The number of methoxy groups -OCH3 is 1. The lowest BCUT2D eigenvalue weighted by molar-refractivity contribution is -0.0512. The second-order valence-electron chi connectivity index (χ2n) is 4.84. The summed E-state index contributed by atoms with van der Waals surface area (Å²) in [6, 6.07) is 9.56. The fourth-order valence-electron chi connectivity index (χ4n) is 2.13. The Morgan fingerprint density at radius 3 is 2.80 bits per heavy atom. The highest BCUT2D eigenvalue weighted by molar-refractivity contribution is 7.13. The van der Waals surface area contributed by atoms with Gasteiger partial charge in [-0.1, -0.05) is 6.07 Å². The summed E-state index contributed by atoms with van der Waals surface area (Å²) in [5, 5.41) is 11.3. The van der Waals surface area contributed by atoms with Gasteiger partial charge in [0.1, 0.15) is 0 Å². The van der Waals surface area contributed by atoms with E-state index in [9.17, 15) is 13.6 Å². The van der Waals surface area contributed by atoms with Gasteiger partial charge in [0.15, 0.2) is 17.2 Å². The van der Waals surface area contributed by atoms with Gasteiger partial charge in [-0.25, -0.2) is 0 Å². The predicted molar refractivity (Wildman–Crippen MR) is 89.5 cm³/mol. The van der Waals surface area contributed by atoms with Crippen LogP contribution in [-0.2, 0) is 0 Å². The number of hydrogen-bond donors (Lipinski definition) is 2. The summed E-state index contributed by atoms with van der Waals surface area (Å²) in [7, 11) is 1.32. The Kier molecular flexibility index (Phi) is 4.94. The molecule has 0 atom stereocenters. The van der Waals surface area contributed by atoms with Crippen LogP contribution in [0, 0.1) is 0 Å². The molecule has 2 aromatic heterocycles. The third kappa shape index (κ3) is 3.94. The van der Waals surface area contributed by atoms with Crippen molar-refractivity contribution in [1.82, 2.24) is 10.2 Å². The van der Waals surface area contributed by atoms with Gasteiger partial charge in [-0.05, 0) is 29.6 Å². The molecule has 2 heterocycles. The lowest BCUT2D eigenvalue weighted by atomic mass is 10.2. The average Bonchev–Trinajstić information content (AvgIpc) is 3.26. The van der Waals surface area contributed by atoms with Crippen molar-refractivity contribution in [3.63, 3.8) is 0 Å². The Balaban J connectivity index is 1.74. The molecule has 0 saturated heterocycles. The highest BCUT2D eigenvalue weighted by Gasteiger charge is 2.15. The molecule has 1 aromatic carbocycles. The molecule has 130 valence electrons. The topological polar surface area (TPSA) is 76.2 Å². The van der Waals surface area contributed by atoms with Gasteiger partial charge in [-0.15, -0.1) is 11.3 Å². The number of thiophene rings is 1. The number of aromatic nitrogens is 2. The van der Waals surface area contributed by atoms with E-state index in [4.69, 9.17) is 4.74 Å². The normalized spacial score (nSPS) is 10.7. The number of nitrogens with one attached hydrogen (secondary N) is 2. The molecule has 0 aliphatic carbocycles. The Morgan fingerprint density at radius 1 is 1.28 bits per heavy atom. The third-order valence-corrected chi connectivity index (χ3v) is 4.14. The molecule has 0 unspecified atom stereocenters. The summed E-state index contributed by atoms with van der Waals surface area (Å²) in [6.07, 6.45) is 0. The lowest BCUT2D eigenvalue weighted by Gasteiger charge is -2.11. The average molecular weight is 365 g/mol. The Hall–Kier alpha value is -2.94. The van der Waals surface area contributed by atoms with E-state index in [1.54, 1.807) is 6.07 Å². The highest BCUT2D eigenvalue weighted by Crippen LogP contribution is 2.31. The minimum absolute atomic E-state index is 0.0828. The van der Waals surface area contributed by atoms with Crippen LogP contribution in [0.3, 0.4) is 0 Å². The number of nitrogens with zero attached hydrogens (tertiary/aromatic N) is 1. The zero-order valence-electron chi connectivity index (χ0n) is 13.0. The van der Waals surface area contributed by atoms with E-state index in [0.29, 0.717) is 5.69 Å². The number of carbonyl (C=O) groups excluding carboxylic acids is 1. The van der Waals surface area contributed by atoms with Crippen molar-refractivity contribution in [3.05, 3.63) is 47.5 Å². The fraction of sp³-hybridized carbons (Fsp3) is 0.125. The summed E-state index contributed by atoms with van der Waals surface area (Å²) in [5.41, 5.74) is 1.30. The van der Waals surface area contributed by atoms with E-state index in [0.717, 1.165) is 10.6 Å². The number of H-pyrrole nitrogens is 1. The molecule has 6 nitrogen and oxygen atoms in total. The number of aromatic amines is 1. The SMILES string of the molecule is COc1cc(NC(=O)c2cc(-c3cccs3)[nH]n2)ccc1OC(F)F. The molecule has 9 heteroatoms. The molecule has 1 amide bonds. The molecule has 0 fully saturated rings. The van der Waals surface area contributed by atoms with Crippen LogP contribution in [0.1, 0.15) is 10.5 Å². The van der Waals surface area contributed by atoms with E-state index in [1.807, 2.05) is 17.5 Å². The summed E-state index contributed by atoms with van der Waals surface area (Å²) in [6.45, 7) is -2.96. The van der Waals surface area contributed by atoms with Crippen LogP contribution in [0.4, 0.5) is 14.5 Å². The molecule has 0 saturated carbocycles. The standard InChI is InChI=1S/C16H13F2N3O3S/c1-23-13-7-9(4-5-12(13)24-16(17)18)19-15(22)11-8-10(20-21-11)14-3-2-6-25-14/h2-8,16H,1H3,(H,19,22)(H,20,21). The maximum absolute atomic E-state index is 12.3. The Morgan fingerprint density at radius 2 is 2.12 bits per heavy atom. The summed E-state index contributed by atoms with van der Waals surface area (Å²) < 4.78 is 34.0. The van der Waals surface area contributed by atoms with Crippen molar-refractivity contribution >= 4 is 22.9 Å². The number of alkyl halides is 2. The molecule has 2 N–H and O–H groups in total.